The van der Waals surface area contributed by atoms with E-state index in [1.54, 1.807) is 7.11 Å². The van der Waals surface area contributed by atoms with Gasteiger partial charge in [-0.1, -0.05) is 41.5 Å². The molecule has 0 aliphatic heterocycles. The number of pyridine rings is 1. The average Bonchev–Trinajstić information content (AvgIpc) is 2.69. The number of likely N-dealkylation sites (N-methyl/N-ethyl adjacent to an activating group) is 1. The lowest BCUT2D eigenvalue weighted by molar-refractivity contribution is 0.402. The highest BCUT2D eigenvalue weighted by Crippen LogP contribution is 2.31. The number of hydrogen-bond donors (Lipinski definition) is 1. The second-order valence-corrected chi connectivity index (χ2v) is 4.63. The van der Waals surface area contributed by atoms with Gasteiger partial charge in [0.25, 0.3) is 0 Å². The Bertz CT molecular complexity index is 611. The fourth-order valence-corrected chi connectivity index (χ4v) is 2.28. The first-order valence-corrected chi connectivity index (χ1v) is 9.75. The summed E-state index contributed by atoms with van der Waals surface area (Å²) in [4.78, 5) is 15.6. The second kappa shape index (κ2) is 15.3. The van der Waals surface area contributed by atoms with Gasteiger partial charge < -0.3 is 15.4 Å². The molecule has 26 heavy (non-hydrogen) atoms. The van der Waals surface area contributed by atoms with Gasteiger partial charge in [0.05, 0.1) is 12.6 Å². The molecule has 0 radical (unpaired) electrons. The molecule has 2 rings (SSSR count). The van der Waals surface area contributed by atoms with Crippen molar-refractivity contribution in [3.63, 3.8) is 0 Å². The third kappa shape index (κ3) is 7.12. The lowest BCUT2D eigenvalue weighted by atomic mass is 10.2. The Morgan fingerprint density at radius 1 is 1.00 bits per heavy atom. The van der Waals surface area contributed by atoms with Crippen molar-refractivity contribution in [1.29, 1.82) is 0 Å². The molecule has 0 bridgehead atoms. The van der Waals surface area contributed by atoms with E-state index in [1.165, 1.54) is 0 Å². The first-order valence-electron chi connectivity index (χ1n) is 9.75. The summed E-state index contributed by atoms with van der Waals surface area (Å²) in [5, 5.41) is 0.846. The Labute approximate surface area is 160 Å². The van der Waals surface area contributed by atoms with Crippen LogP contribution in [0, 0.1) is 13.8 Å². The van der Waals surface area contributed by atoms with Crippen LogP contribution in [0.5, 0.6) is 5.88 Å². The summed E-state index contributed by atoms with van der Waals surface area (Å²) in [6.45, 7) is 20.0. The van der Waals surface area contributed by atoms with E-state index in [1.807, 2.05) is 61.5 Å². The minimum atomic E-state index is 0.561. The van der Waals surface area contributed by atoms with Crippen molar-refractivity contribution in [2.45, 2.75) is 62.3 Å². The van der Waals surface area contributed by atoms with E-state index in [0.29, 0.717) is 12.4 Å². The Balaban J connectivity index is 0. The number of methoxy groups -OCH3 is 1. The lowest BCUT2D eigenvalue weighted by Crippen LogP contribution is -2.30. The third-order valence-corrected chi connectivity index (χ3v) is 3.14. The molecule has 2 N–H and O–H groups in total. The van der Waals surface area contributed by atoms with Crippen LogP contribution in [0.4, 0.5) is 5.82 Å². The Morgan fingerprint density at radius 2 is 1.58 bits per heavy atom. The van der Waals surface area contributed by atoms with E-state index in [2.05, 4.69) is 26.8 Å². The van der Waals surface area contributed by atoms with Crippen LogP contribution in [0.15, 0.2) is 6.07 Å². The molecule has 0 saturated carbocycles. The van der Waals surface area contributed by atoms with Gasteiger partial charge in [-0.15, -0.1) is 0 Å². The molecule has 0 aromatic carbocycles. The SMILES string of the molecule is CC.CC.CC.CCN(CCN)c1nc(C)nc2cc(C)nc(OC)c12. The Morgan fingerprint density at radius 3 is 2.04 bits per heavy atom. The summed E-state index contributed by atoms with van der Waals surface area (Å²) in [5.74, 6) is 2.13. The Kier molecular flexibility index (Phi) is 15.5. The molecule has 0 amide bonds. The van der Waals surface area contributed by atoms with E-state index in [-0.39, 0.29) is 0 Å². The maximum Gasteiger partial charge on any atom is 0.226 e. The number of anilines is 1. The minimum absolute atomic E-state index is 0.561. The zero-order valence-electron chi connectivity index (χ0n) is 18.5. The fraction of sp³-hybridized carbons (Fsp3) is 0.650. The van der Waals surface area contributed by atoms with Crippen molar-refractivity contribution in [3.8, 4) is 5.88 Å². The summed E-state index contributed by atoms with van der Waals surface area (Å²) >= 11 is 0. The molecule has 0 atom stereocenters. The highest BCUT2D eigenvalue weighted by molar-refractivity contribution is 5.94. The second-order valence-electron chi connectivity index (χ2n) is 4.63. The number of ether oxygens (including phenoxy) is 1. The zero-order valence-corrected chi connectivity index (χ0v) is 18.5. The van der Waals surface area contributed by atoms with E-state index in [4.69, 9.17) is 10.5 Å². The van der Waals surface area contributed by atoms with Crippen LogP contribution in [-0.4, -0.2) is 41.7 Å². The Hall–Kier alpha value is -1.95. The van der Waals surface area contributed by atoms with Crippen LogP contribution in [0.1, 0.15) is 60.0 Å². The number of aryl methyl sites for hydroxylation is 2. The van der Waals surface area contributed by atoms with Crippen molar-refractivity contribution >= 4 is 16.7 Å². The van der Waals surface area contributed by atoms with Gasteiger partial charge in [-0.2, -0.15) is 0 Å². The molecule has 0 saturated heterocycles. The summed E-state index contributed by atoms with van der Waals surface area (Å²) in [6.07, 6.45) is 0. The van der Waals surface area contributed by atoms with Gasteiger partial charge in [0.1, 0.15) is 17.0 Å². The summed E-state index contributed by atoms with van der Waals surface area (Å²) in [6, 6.07) is 1.95. The molecule has 0 spiro atoms. The minimum Gasteiger partial charge on any atom is -0.480 e. The van der Waals surface area contributed by atoms with Crippen LogP contribution in [-0.2, 0) is 0 Å². The van der Waals surface area contributed by atoms with Crippen molar-refractivity contribution in [1.82, 2.24) is 15.0 Å². The van der Waals surface area contributed by atoms with Gasteiger partial charge >= 0.3 is 0 Å². The number of nitrogens with zero attached hydrogens (tertiary/aromatic N) is 4. The van der Waals surface area contributed by atoms with Gasteiger partial charge in [0, 0.05) is 25.3 Å². The van der Waals surface area contributed by atoms with Crippen molar-refractivity contribution < 1.29 is 4.74 Å². The first-order chi connectivity index (χ1) is 12.6. The maximum atomic E-state index is 5.69. The van der Waals surface area contributed by atoms with Crippen LogP contribution >= 0.6 is 0 Å². The number of hydrogen-bond acceptors (Lipinski definition) is 6. The standard InChI is InChI=1S/C14H21N5O.3C2H6/c1-5-19(7-6-15)13-12-11(17-10(3)18-13)8-9(2)16-14(12)20-4;3*1-2/h8H,5-7,15H2,1-4H3;3*1-2H3. The van der Waals surface area contributed by atoms with E-state index in [0.717, 1.165) is 41.3 Å². The molecule has 6 heteroatoms. The smallest absolute Gasteiger partial charge is 0.226 e. The van der Waals surface area contributed by atoms with E-state index >= 15 is 0 Å². The molecule has 2 heterocycles. The average molecular weight is 366 g/mol. The van der Waals surface area contributed by atoms with Gasteiger partial charge in [-0.3, -0.25) is 0 Å². The first kappa shape index (κ1) is 26.3. The monoisotopic (exact) mass is 365 g/mol. The normalized spacial score (nSPS) is 9.04. The van der Waals surface area contributed by atoms with Crippen LogP contribution in [0.25, 0.3) is 10.9 Å². The summed E-state index contributed by atoms with van der Waals surface area (Å²) in [7, 11) is 1.62. The molecule has 150 valence electrons. The molecule has 0 aliphatic carbocycles. The molecule has 0 aliphatic rings. The highest BCUT2D eigenvalue weighted by Gasteiger charge is 2.17. The van der Waals surface area contributed by atoms with Crippen molar-refractivity contribution in [2.75, 3.05) is 31.6 Å². The van der Waals surface area contributed by atoms with Gasteiger partial charge in [0.15, 0.2) is 0 Å². The number of aromatic nitrogens is 3. The molecule has 6 nitrogen and oxygen atoms in total. The highest BCUT2D eigenvalue weighted by atomic mass is 16.5. The number of fused-ring (bicyclic) bond motifs is 1. The van der Waals surface area contributed by atoms with Gasteiger partial charge in [0.2, 0.25) is 5.88 Å². The van der Waals surface area contributed by atoms with Crippen LogP contribution < -0.4 is 15.4 Å². The van der Waals surface area contributed by atoms with Gasteiger partial charge in [-0.25, -0.2) is 15.0 Å². The molecule has 0 unspecified atom stereocenters. The van der Waals surface area contributed by atoms with E-state index in [9.17, 15) is 0 Å². The molecular formula is C20H39N5O. The van der Waals surface area contributed by atoms with E-state index < -0.39 is 0 Å². The summed E-state index contributed by atoms with van der Waals surface area (Å²) < 4.78 is 5.41. The van der Waals surface area contributed by atoms with Crippen LogP contribution in [0.2, 0.25) is 0 Å². The van der Waals surface area contributed by atoms with Gasteiger partial charge in [-0.05, 0) is 26.8 Å². The maximum absolute atomic E-state index is 5.69. The lowest BCUT2D eigenvalue weighted by Gasteiger charge is -2.23. The predicted octanol–water partition coefficient (Wildman–Crippen LogP) is 4.51. The molecule has 0 fully saturated rings. The predicted molar refractivity (Wildman–Crippen MR) is 114 cm³/mol. The van der Waals surface area contributed by atoms with Crippen molar-refractivity contribution in [3.05, 3.63) is 17.6 Å². The fourth-order valence-electron chi connectivity index (χ4n) is 2.28. The molecular weight excluding hydrogens is 326 g/mol. The van der Waals surface area contributed by atoms with Crippen LogP contribution in [0.3, 0.4) is 0 Å². The van der Waals surface area contributed by atoms with Crippen molar-refractivity contribution in [2.24, 2.45) is 5.73 Å². The quantitative estimate of drug-likeness (QED) is 0.840. The molecule has 2 aromatic rings. The topological polar surface area (TPSA) is 77.2 Å². The zero-order chi connectivity index (χ0) is 20.7. The number of rotatable bonds is 5. The third-order valence-electron chi connectivity index (χ3n) is 3.14. The molecule has 2 aromatic heterocycles. The number of nitrogens with two attached hydrogens (primary N) is 1. The largest absolute Gasteiger partial charge is 0.480 e. The summed E-state index contributed by atoms with van der Waals surface area (Å²) in [5.41, 5.74) is 7.42.